The van der Waals surface area contributed by atoms with Gasteiger partial charge in [-0.2, -0.15) is 0 Å². The first kappa shape index (κ1) is 13.6. The highest BCUT2D eigenvalue weighted by Gasteiger charge is 2.42. The predicted molar refractivity (Wildman–Crippen MR) is 73.3 cm³/mol. The van der Waals surface area contributed by atoms with Gasteiger partial charge in [-0.3, -0.25) is 9.59 Å². The van der Waals surface area contributed by atoms with Crippen LogP contribution in [0.4, 0.5) is 0 Å². The minimum absolute atomic E-state index is 0.0119. The first-order valence-electron chi connectivity index (χ1n) is 6.54. The number of benzene rings is 1. The molecule has 19 heavy (non-hydrogen) atoms. The highest BCUT2D eigenvalue weighted by Crippen LogP contribution is 2.23. The second-order valence-corrected chi connectivity index (χ2v) is 5.44. The van der Waals surface area contributed by atoms with E-state index in [0.717, 1.165) is 5.56 Å². The summed E-state index contributed by atoms with van der Waals surface area (Å²) in [5, 5.41) is 0. The number of rotatable bonds is 2. The Morgan fingerprint density at radius 3 is 2.42 bits per heavy atom. The van der Waals surface area contributed by atoms with Crippen molar-refractivity contribution in [2.24, 2.45) is 0 Å². The van der Waals surface area contributed by atoms with Gasteiger partial charge in [0.15, 0.2) is 0 Å². The Labute approximate surface area is 114 Å². The van der Waals surface area contributed by atoms with Crippen molar-refractivity contribution < 1.29 is 9.59 Å². The van der Waals surface area contributed by atoms with Gasteiger partial charge in [-0.15, -0.1) is 0 Å². The Balaban J connectivity index is 2.14. The topological polar surface area (TPSA) is 40.6 Å². The smallest absolute Gasteiger partial charge is 0.248 e. The number of nitrogens with zero attached hydrogens (tertiary/aromatic N) is 2. The van der Waals surface area contributed by atoms with Crippen LogP contribution in [0.2, 0.25) is 0 Å². The van der Waals surface area contributed by atoms with Crippen LogP contribution in [0, 0.1) is 0 Å². The fourth-order valence-corrected chi connectivity index (χ4v) is 2.61. The van der Waals surface area contributed by atoms with Crippen LogP contribution in [0.25, 0.3) is 0 Å². The molecule has 1 saturated heterocycles. The van der Waals surface area contributed by atoms with Gasteiger partial charge in [0, 0.05) is 26.6 Å². The second-order valence-electron chi connectivity index (χ2n) is 5.44. The second kappa shape index (κ2) is 5.03. The number of hydrogen-bond acceptors (Lipinski definition) is 2. The molecule has 0 aromatic heterocycles. The molecule has 1 aliphatic rings. The number of carbonyl (C=O) groups is 2. The van der Waals surface area contributed by atoms with E-state index >= 15 is 0 Å². The summed E-state index contributed by atoms with van der Waals surface area (Å²) < 4.78 is 0. The maximum atomic E-state index is 12.5. The first-order chi connectivity index (χ1) is 8.93. The summed E-state index contributed by atoms with van der Waals surface area (Å²) in [4.78, 5) is 27.6. The van der Waals surface area contributed by atoms with Gasteiger partial charge in [-0.1, -0.05) is 30.3 Å². The molecule has 0 unspecified atom stereocenters. The Morgan fingerprint density at radius 2 is 1.84 bits per heavy atom. The fraction of sp³-hybridized carbons (Fsp3) is 0.467. The van der Waals surface area contributed by atoms with E-state index in [1.165, 1.54) is 6.92 Å². The van der Waals surface area contributed by atoms with Crippen LogP contribution in [0.3, 0.4) is 0 Å². The largest absolute Gasteiger partial charge is 0.335 e. The Hall–Kier alpha value is -1.84. The van der Waals surface area contributed by atoms with Gasteiger partial charge >= 0.3 is 0 Å². The molecule has 2 rings (SSSR count). The van der Waals surface area contributed by atoms with Crippen LogP contribution in [0.1, 0.15) is 26.3 Å². The molecule has 1 fully saturated rings. The molecule has 0 aliphatic carbocycles. The molecule has 1 aromatic rings. The van der Waals surface area contributed by atoms with Crippen LogP contribution in [0.5, 0.6) is 0 Å². The van der Waals surface area contributed by atoms with Crippen molar-refractivity contribution in [3.05, 3.63) is 35.9 Å². The van der Waals surface area contributed by atoms with E-state index in [0.29, 0.717) is 19.6 Å². The van der Waals surface area contributed by atoms with Gasteiger partial charge < -0.3 is 9.80 Å². The van der Waals surface area contributed by atoms with Gasteiger partial charge in [0.25, 0.3) is 0 Å². The van der Waals surface area contributed by atoms with E-state index in [-0.39, 0.29) is 11.8 Å². The lowest BCUT2D eigenvalue weighted by atomic mass is 9.97. The molecule has 0 bridgehead atoms. The molecule has 1 aliphatic heterocycles. The lowest BCUT2D eigenvalue weighted by molar-refractivity contribution is -0.158. The Kier molecular flexibility index (Phi) is 3.60. The average molecular weight is 260 g/mol. The molecule has 1 heterocycles. The molecule has 4 nitrogen and oxygen atoms in total. The van der Waals surface area contributed by atoms with E-state index in [4.69, 9.17) is 0 Å². The summed E-state index contributed by atoms with van der Waals surface area (Å²) in [6.07, 6.45) is 0. The van der Waals surface area contributed by atoms with E-state index in [9.17, 15) is 9.59 Å². The quantitative estimate of drug-likeness (QED) is 0.811. The van der Waals surface area contributed by atoms with E-state index in [1.807, 2.05) is 49.1 Å². The minimum Gasteiger partial charge on any atom is -0.335 e. The maximum absolute atomic E-state index is 12.5. The Bertz CT molecular complexity index is 482. The summed E-state index contributed by atoms with van der Waals surface area (Å²) in [5.41, 5.74) is 0.363. The average Bonchev–Trinajstić information content (AvgIpc) is 2.36. The molecule has 2 amide bonds. The summed E-state index contributed by atoms with van der Waals surface area (Å²) in [6, 6.07) is 9.92. The van der Waals surface area contributed by atoms with Gasteiger partial charge in [-0.05, 0) is 19.4 Å². The van der Waals surface area contributed by atoms with Crippen LogP contribution in [0.15, 0.2) is 30.3 Å². The maximum Gasteiger partial charge on any atom is 0.248 e. The van der Waals surface area contributed by atoms with Gasteiger partial charge in [-0.25, -0.2) is 0 Å². The van der Waals surface area contributed by atoms with Crippen molar-refractivity contribution in [1.29, 1.82) is 0 Å². The fourth-order valence-electron chi connectivity index (χ4n) is 2.61. The zero-order chi connectivity index (χ0) is 14.0. The molecule has 0 radical (unpaired) electrons. The SMILES string of the molecule is CC(=O)N1CCN(Cc2ccccc2)C(=O)C1(C)C. The zero-order valence-electron chi connectivity index (χ0n) is 11.7. The van der Waals surface area contributed by atoms with Crippen molar-refractivity contribution in [3.63, 3.8) is 0 Å². The third-order valence-electron chi connectivity index (χ3n) is 3.68. The van der Waals surface area contributed by atoms with Crippen molar-refractivity contribution >= 4 is 11.8 Å². The number of carbonyl (C=O) groups excluding carboxylic acids is 2. The van der Waals surface area contributed by atoms with E-state index in [2.05, 4.69) is 0 Å². The van der Waals surface area contributed by atoms with Crippen molar-refractivity contribution in [2.75, 3.05) is 13.1 Å². The van der Waals surface area contributed by atoms with Crippen molar-refractivity contribution in [2.45, 2.75) is 32.9 Å². The summed E-state index contributed by atoms with van der Waals surface area (Å²) in [5.74, 6) is -0.0319. The molecule has 0 N–H and O–H groups in total. The van der Waals surface area contributed by atoms with Gasteiger partial charge in [0.05, 0.1) is 0 Å². The van der Waals surface area contributed by atoms with Crippen LogP contribution in [-0.2, 0) is 16.1 Å². The number of hydrogen-bond donors (Lipinski definition) is 0. The lowest BCUT2D eigenvalue weighted by Crippen LogP contribution is -2.63. The molecule has 0 saturated carbocycles. The molecular weight excluding hydrogens is 240 g/mol. The van der Waals surface area contributed by atoms with E-state index in [1.54, 1.807) is 4.90 Å². The number of piperazine rings is 1. The third kappa shape index (κ3) is 2.62. The predicted octanol–water partition coefficient (Wildman–Crippen LogP) is 1.66. The molecule has 4 heteroatoms. The molecule has 0 atom stereocenters. The highest BCUT2D eigenvalue weighted by molar-refractivity contribution is 5.91. The van der Waals surface area contributed by atoms with E-state index < -0.39 is 5.54 Å². The lowest BCUT2D eigenvalue weighted by Gasteiger charge is -2.45. The minimum atomic E-state index is -0.751. The zero-order valence-corrected chi connectivity index (χ0v) is 11.7. The molecule has 1 aromatic carbocycles. The summed E-state index contributed by atoms with van der Waals surface area (Å²) in [7, 11) is 0. The third-order valence-corrected chi connectivity index (χ3v) is 3.68. The summed E-state index contributed by atoms with van der Waals surface area (Å²) >= 11 is 0. The van der Waals surface area contributed by atoms with Gasteiger partial charge in [0.1, 0.15) is 5.54 Å². The standard InChI is InChI=1S/C15H20N2O2/c1-12(18)17-10-9-16(14(19)15(17,2)3)11-13-7-5-4-6-8-13/h4-8H,9-11H2,1-3H3. The first-order valence-corrected chi connectivity index (χ1v) is 6.54. The van der Waals surface area contributed by atoms with Crippen molar-refractivity contribution in [3.8, 4) is 0 Å². The Morgan fingerprint density at radius 1 is 1.21 bits per heavy atom. The monoisotopic (exact) mass is 260 g/mol. The number of amides is 2. The summed E-state index contributed by atoms with van der Waals surface area (Å²) in [6.45, 7) is 6.94. The highest BCUT2D eigenvalue weighted by atomic mass is 16.2. The normalized spacial score (nSPS) is 18.6. The molecular formula is C15H20N2O2. The molecule has 0 spiro atoms. The van der Waals surface area contributed by atoms with Crippen molar-refractivity contribution in [1.82, 2.24) is 9.80 Å². The van der Waals surface area contributed by atoms with Crippen LogP contribution >= 0.6 is 0 Å². The van der Waals surface area contributed by atoms with Gasteiger partial charge in [0.2, 0.25) is 11.8 Å². The van der Waals surface area contributed by atoms with Crippen LogP contribution < -0.4 is 0 Å². The molecule has 102 valence electrons. The van der Waals surface area contributed by atoms with Crippen LogP contribution in [-0.4, -0.2) is 40.2 Å².